The number of aliphatic hydroxyl groups is 2. The van der Waals surface area contributed by atoms with Gasteiger partial charge in [0.15, 0.2) is 0 Å². The predicted molar refractivity (Wildman–Crippen MR) is 152 cm³/mol. The van der Waals surface area contributed by atoms with Crippen LogP contribution in [0.1, 0.15) is 105 Å². The molecule has 0 aliphatic carbocycles. The van der Waals surface area contributed by atoms with Gasteiger partial charge in [-0.1, -0.05) is 63.5 Å². The molecule has 0 aromatic rings. The summed E-state index contributed by atoms with van der Waals surface area (Å²) in [5, 5.41) is 21.4. The lowest BCUT2D eigenvalue weighted by Gasteiger charge is -2.26. The average molecular weight is 536 g/mol. The maximum atomic E-state index is 13.0. The highest BCUT2D eigenvalue weighted by Gasteiger charge is 2.29. The number of amides is 1. The van der Waals surface area contributed by atoms with Gasteiger partial charge in [0.05, 0.1) is 18.1 Å². The van der Waals surface area contributed by atoms with E-state index in [0.29, 0.717) is 38.5 Å². The number of ether oxygens (including phenoxy) is 2. The van der Waals surface area contributed by atoms with Gasteiger partial charge < -0.3 is 25.4 Å². The van der Waals surface area contributed by atoms with Crippen LogP contribution in [0, 0.1) is 17.8 Å². The molecule has 0 fully saturated rings. The number of nitrogens with two attached hydrogens (primary N) is 1. The number of cyclic esters (lactones) is 1. The van der Waals surface area contributed by atoms with Crippen LogP contribution in [-0.4, -0.2) is 46.7 Å². The van der Waals surface area contributed by atoms with Gasteiger partial charge in [0.25, 0.3) is 0 Å². The molecule has 1 rings (SSSR count). The number of rotatable bonds is 7. The third kappa shape index (κ3) is 14.7. The Morgan fingerprint density at radius 2 is 1.82 bits per heavy atom. The maximum absolute atomic E-state index is 13.0. The van der Waals surface area contributed by atoms with Gasteiger partial charge in [-0.25, -0.2) is 4.79 Å². The van der Waals surface area contributed by atoms with Crippen molar-refractivity contribution in [3.8, 4) is 0 Å². The number of esters is 1. The van der Waals surface area contributed by atoms with Crippen molar-refractivity contribution >= 4 is 12.1 Å². The van der Waals surface area contributed by atoms with Crippen LogP contribution in [0.4, 0.5) is 4.79 Å². The summed E-state index contributed by atoms with van der Waals surface area (Å²) in [5.74, 6) is -0.770. The minimum atomic E-state index is -0.907. The van der Waals surface area contributed by atoms with Crippen molar-refractivity contribution in [1.29, 1.82) is 0 Å². The van der Waals surface area contributed by atoms with Gasteiger partial charge in [-0.05, 0) is 89.5 Å². The Bertz CT molecular complexity index is 776. The van der Waals surface area contributed by atoms with E-state index in [4.69, 9.17) is 15.2 Å². The number of aliphatic hydroxyl groups excluding tert-OH is 2. The second-order valence-corrected chi connectivity index (χ2v) is 11.2. The SMILES string of the molecule is CCCCC/C=C/C(C)=C/[C@H]1C[C@H](C)C/C=C\CC[C@H](O)[C@@H](OC(N)=O)CC[C@H](C)C[C@H](O)[C@H](C)C(=O)O1. The van der Waals surface area contributed by atoms with Crippen molar-refractivity contribution in [2.24, 2.45) is 23.5 Å². The first-order chi connectivity index (χ1) is 18.0. The standard InChI is InChI=1S/C31H53NO6/c1-6-7-8-9-11-14-22(2)19-26-20-23(3)15-12-10-13-16-27(33)29(38-31(32)36)18-17-24(4)21-28(34)25(5)30(35)37-26/h10-12,14,19,23-29,33-34H,6-9,13,15-18,20-21H2,1-5H3,(H2,32,36)/b12-10-,14-11+,22-19+/t23-,24+,25+,26+,27+,28+,29+/m1/s1. The molecule has 0 saturated carbocycles. The fourth-order valence-corrected chi connectivity index (χ4v) is 4.75. The fourth-order valence-electron chi connectivity index (χ4n) is 4.75. The molecule has 218 valence electrons. The quantitative estimate of drug-likeness (QED) is 0.151. The highest BCUT2D eigenvalue weighted by atomic mass is 16.6. The van der Waals surface area contributed by atoms with Crippen LogP contribution >= 0.6 is 0 Å². The Balaban J connectivity index is 3.02. The molecule has 1 amide bonds. The zero-order valence-corrected chi connectivity index (χ0v) is 24.3. The van der Waals surface area contributed by atoms with Crippen molar-refractivity contribution in [3.63, 3.8) is 0 Å². The van der Waals surface area contributed by atoms with Crippen molar-refractivity contribution < 1.29 is 29.3 Å². The molecule has 1 aliphatic heterocycles. The van der Waals surface area contributed by atoms with Crippen LogP contribution in [0.15, 0.2) is 36.0 Å². The molecule has 4 N–H and O–H groups in total. The molecule has 0 aromatic heterocycles. The summed E-state index contributed by atoms with van der Waals surface area (Å²) in [6.45, 7) is 10.0. The molecule has 0 aromatic carbocycles. The van der Waals surface area contributed by atoms with Crippen molar-refractivity contribution in [1.82, 2.24) is 0 Å². The monoisotopic (exact) mass is 535 g/mol. The summed E-state index contributed by atoms with van der Waals surface area (Å²) in [4.78, 5) is 24.4. The summed E-state index contributed by atoms with van der Waals surface area (Å²) < 4.78 is 11.1. The van der Waals surface area contributed by atoms with Gasteiger partial charge in [-0.15, -0.1) is 0 Å². The summed E-state index contributed by atoms with van der Waals surface area (Å²) in [6.07, 6.45) is 15.4. The van der Waals surface area contributed by atoms with Crippen LogP contribution < -0.4 is 5.73 Å². The number of carbonyl (C=O) groups excluding carboxylic acids is 2. The molecule has 38 heavy (non-hydrogen) atoms. The highest BCUT2D eigenvalue weighted by molar-refractivity contribution is 5.73. The number of allylic oxidation sites excluding steroid dienone is 5. The molecule has 0 unspecified atom stereocenters. The van der Waals surface area contributed by atoms with E-state index in [0.717, 1.165) is 18.4 Å². The van der Waals surface area contributed by atoms with E-state index in [9.17, 15) is 19.8 Å². The molecule has 0 spiro atoms. The second-order valence-electron chi connectivity index (χ2n) is 11.2. The number of hydrogen-bond donors (Lipinski definition) is 3. The van der Waals surface area contributed by atoms with Gasteiger partial charge in [0.2, 0.25) is 0 Å². The summed E-state index contributed by atoms with van der Waals surface area (Å²) in [6, 6.07) is 0. The first kappa shape index (κ1) is 33.9. The predicted octanol–water partition coefficient (Wildman–Crippen LogP) is 6.38. The number of carbonyl (C=O) groups is 2. The van der Waals surface area contributed by atoms with Crippen LogP contribution in [0.2, 0.25) is 0 Å². The Morgan fingerprint density at radius 3 is 2.50 bits per heavy atom. The molecule has 7 heteroatoms. The molecular weight excluding hydrogens is 482 g/mol. The normalized spacial score (nSPS) is 32.2. The zero-order chi connectivity index (χ0) is 28.5. The molecule has 1 aliphatic rings. The summed E-state index contributed by atoms with van der Waals surface area (Å²) in [5.41, 5.74) is 6.28. The molecular formula is C31H53NO6. The van der Waals surface area contributed by atoms with Gasteiger partial charge >= 0.3 is 12.1 Å². The van der Waals surface area contributed by atoms with Gasteiger partial charge in [0.1, 0.15) is 12.2 Å². The van der Waals surface area contributed by atoms with E-state index in [-0.39, 0.29) is 17.9 Å². The van der Waals surface area contributed by atoms with Gasteiger partial charge in [-0.2, -0.15) is 0 Å². The van der Waals surface area contributed by atoms with E-state index in [2.05, 4.69) is 32.1 Å². The molecule has 7 nitrogen and oxygen atoms in total. The molecule has 7 atom stereocenters. The largest absolute Gasteiger partial charge is 0.458 e. The van der Waals surface area contributed by atoms with Gasteiger partial charge in [-0.3, -0.25) is 4.79 Å². The average Bonchev–Trinajstić information content (AvgIpc) is 2.84. The topological polar surface area (TPSA) is 119 Å². The van der Waals surface area contributed by atoms with Crippen LogP contribution in [-0.2, 0) is 14.3 Å². The Morgan fingerprint density at radius 1 is 1.08 bits per heavy atom. The van der Waals surface area contributed by atoms with E-state index in [1.807, 2.05) is 26.0 Å². The molecule has 0 radical (unpaired) electrons. The minimum absolute atomic E-state index is 0.0426. The van der Waals surface area contributed by atoms with E-state index in [1.165, 1.54) is 19.3 Å². The second kappa shape index (κ2) is 19.0. The van der Waals surface area contributed by atoms with Crippen LogP contribution in [0.5, 0.6) is 0 Å². The van der Waals surface area contributed by atoms with Crippen molar-refractivity contribution in [2.45, 2.75) is 130 Å². The minimum Gasteiger partial charge on any atom is -0.458 e. The van der Waals surface area contributed by atoms with Crippen LogP contribution in [0.25, 0.3) is 0 Å². The lowest BCUT2D eigenvalue weighted by molar-refractivity contribution is -0.156. The van der Waals surface area contributed by atoms with E-state index in [1.54, 1.807) is 6.92 Å². The van der Waals surface area contributed by atoms with Gasteiger partial charge in [0, 0.05) is 0 Å². The molecule has 0 bridgehead atoms. The fraction of sp³-hybridized carbons (Fsp3) is 0.742. The third-order valence-electron chi connectivity index (χ3n) is 7.27. The Kier molecular flexibility index (Phi) is 17.0. The first-order valence-corrected chi connectivity index (χ1v) is 14.6. The number of hydrogen-bond acceptors (Lipinski definition) is 6. The van der Waals surface area contributed by atoms with E-state index >= 15 is 0 Å². The molecule has 0 saturated heterocycles. The Labute approximate surface area is 230 Å². The Hall–Kier alpha value is -2.12. The third-order valence-corrected chi connectivity index (χ3v) is 7.27. The van der Waals surface area contributed by atoms with E-state index < -0.39 is 36.3 Å². The smallest absolute Gasteiger partial charge is 0.404 e. The van der Waals surface area contributed by atoms with Crippen molar-refractivity contribution in [2.75, 3.05) is 0 Å². The zero-order valence-electron chi connectivity index (χ0n) is 24.3. The summed E-state index contributed by atoms with van der Waals surface area (Å²) in [7, 11) is 0. The maximum Gasteiger partial charge on any atom is 0.404 e. The lowest BCUT2D eigenvalue weighted by Crippen LogP contribution is -2.34. The van der Waals surface area contributed by atoms with Crippen LogP contribution in [0.3, 0.4) is 0 Å². The van der Waals surface area contributed by atoms with Crippen molar-refractivity contribution in [3.05, 3.63) is 36.0 Å². The number of primary amides is 1. The summed E-state index contributed by atoms with van der Waals surface area (Å²) >= 11 is 0. The lowest BCUT2D eigenvalue weighted by atomic mass is 9.90. The molecule has 1 heterocycles. The number of unbranched alkanes of at least 4 members (excludes halogenated alkanes) is 3. The highest BCUT2D eigenvalue weighted by Crippen LogP contribution is 2.24. The first-order valence-electron chi connectivity index (χ1n) is 14.6.